The van der Waals surface area contributed by atoms with E-state index in [-0.39, 0.29) is 24.3 Å². The molecule has 3 N–H and O–H groups in total. The Labute approximate surface area is 177 Å². The topological polar surface area (TPSA) is 108 Å². The number of hydrogen-bond acceptors (Lipinski definition) is 5. The summed E-state index contributed by atoms with van der Waals surface area (Å²) < 4.78 is 0. The van der Waals surface area contributed by atoms with Crippen molar-refractivity contribution in [3.63, 3.8) is 0 Å². The molecule has 0 spiro atoms. The van der Waals surface area contributed by atoms with Gasteiger partial charge in [-0.1, -0.05) is 12.1 Å². The van der Waals surface area contributed by atoms with Crippen LogP contribution in [0.1, 0.15) is 44.1 Å². The van der Waals surface area contributed by atoms with Gasteiger partial charge < -0.3 is 15.5 Å². The predicted octanol–water partition coefficient (Wildman–Crippen LogP) is 2.45. The average Bonchev–Trinajstić information content (AvgIpc) is 3.23. The zero-order chi connectivity index (χ0) is 21.4. The molecule has 0 aliphatic carbocycles. The normalized spacial score (nSPS) is 18.3. The fraction of sp³-hybridized carbons (Fsp3) is 0.333. The van der Waals surface area contributed by atoms with Crippen LogP contribution < -0.4 is 16.0 Å². The number of nitrogens with one attached hydrogen (secondary N) is 3. The van der Waals surface area contributed by atoms with E-state index < -0.39 is 11.9 Å². The molecule has 1 atom stereocenters. The van der Waals surface area contributed by atoms with Gasteiger partial charge in [-0.3, -0.25) is 19.7 Å². The van der Waals surface area contributed by atoms with Crippen LogP contribution in [0, 0.1) is 13.8 Å². The summed E-state index contributed by atoms with van der Waals surface area (Å²) in [6, 6.07) is 6.70. The van der Waals surface area contributed by atoms with Gasteiger partial charge in [-0.15, -0.1) is 11.3 Å². The molecule has 30 heavy (non-hydrogen) atoms. The summed E-state index contributed by atoms with van der Waals surface area (Å²) >= 11 is 1.32. The molecule has 156 valence electrons. The van der Waals surface area contributed by atoms with Crippen molar-refractivity contribution in [3.8, 4) is 0 Å². The summed E-state index contributed by atoms with van der Waals surface area (Å²) in [5.41, 5.74) is 3.72. The molecule has 2 aliphatic heterocycles. The maximum atomic E-state index is 12.8. The molecule has 5 amide bonds. The Morgan fingerprint density at radius 3 is 2.80 bits per heavy atom. The van der Waals surface area contributed by atoms with Crippen molar-refractivity contribution >= 4 is 40.8 Å². The number of piperidine rings is 1. The van der Waals surface area contributed by atoms with E-state index in [9.17, 15) is 19.2 Å². The highest BCUT2D eigenvalue weighted by atomic mass is 32.1. The number of amides is 5. The molecule has 1 saturated heterocycles. The minimum Gasteiger partial charge on any atom is -0.333 e. The number of urea groups is 1. The summed E-state index contributed by atoms with van der Waals surface area (Å²) in [7, 11) is 0. The number of hydrogen-bond donors (Lipinski definition) is 3. The lowest BCUT2D eigenvalue weighted by Gasteiger charge is -2.29. The number of nitrogens with zero attached hydrogens (tertiary/aromatic N) is 1. The highest BCUT2D eigenvalue weighted by Gasteiger charge is 2.40. The highest BCUT2D eigenvalue weighted by Crippen LogP contribution is 2.33. The molecule has 0 bridgehead atoms. The molecule has 3 heterocycles. The molecule has 1 aromatic carbocycles. The number of carbonyl (C=O) groups is 4. The number of carbonyl (C=O) groups excluding carboxylic acids is 4. The molecule has 2 aliphatic rings. The Morgan fingerprint density at radius 2 is 2.07 bits per heavy atom. The van der Waals surface area contributed by atoms with Crippen LogP contribution in [0.15, 0.2) is 24.3 Å². The van der Waals surface area contributed by atoms with Gasteiger partial charge in [-0.25, -0.2) is 4.79 Å². The zero-order valence-corrected chi connectivity index (χ0v) is 17.5. The minimum absolute atomic E-state index is 0.199. The first-order valence-corrected chi connectivity index (χ1v) is 10.5. The largest absolute Gasteiger partial charge is 0.333 e. The third-order valence-electron chi connectivity index (χ3n) is 5.52. The van der Waals surface area contributed by atoms with Crippen LogP contribution in [0.3, 0.4) is 0 Å². The van der Waals surface area contributed by atoms with Crippen LogP contribution in [0.5, 0.6) is 0 Å². The average molecular weight is 426 g/mol. The van der Waals surface area contributed by atoms with Crippen molar-refractivity contribution in [1.29, 1.82) is 0 Å². The molecule has 9 heteroatoms. The van der Waals surface area contributed by atoms with E-state index in [0.717, 1.165) is 27.3 Å². The first kappa shape index (κ1) is 20.1. The van der Waals surface area contributed by atoms with Crippen LogP contribution in [0.2, 0.25) is 0 Å². The Hall–Kier alpha value is -3.20. The van der Waals surface area contributed by atoms with Crippen LogP contribution in [-0.4, -0.2) is 34.7 Å². The van der Waals surface area contributed by atoms with Gasteiger partial charge in [0.1, 0.15) is 6.04 Å². The number of imide groups is 1. The summed E-state index contributed by atoms with van der Waals surface area (Å²) in [6.07, 6.45) is 0.580. The van der Waals surface area contributed by atoms with E-state index in [0.29, 0.717) is 24.4 Å². The molecule has 1 unspecified atom stereocenters. The lowest BCUT2D eigenvalue weighted by atomic mass is 10.0. The second kappa shape index (κ2) is 7.91. The minimum atomic E-state index is -0.611. The third kappa shape index (κ3) is 3.80. The Bertz CT molecular complexity index is 1060. The fourth-order valence-electron chi connectivity index (χ4n) is 3.71. The zero-order valence-electron chi connectivity index (χ0n) is 16.7. The SMILES string of the molecule is Cc1cccc(NC(=O)NCc2cc3c(s2)C(=O)N(C2CCC(=O)NC2=O)C3)c1C. The maximum Gasteiger partial charge on any atom is 0.319 e. The van der Waals surface area contributed by atoms with Gasteiger partial charge in [0.05, 0.1) is 11.4 Å². The van der Waals surface area contributed by atoms with E-state index >= 15 is 0 Å². The first-order valence-electron chi connectivity index (χ1n) is 9.71. The van der Waals surface area contributed by atoms with Crippen LogP contribution >= 0.6 is 11.3 Å². The molecule has 0 saturated carbocycles. The van der Waals surface area contributed by atoms with Gasteiger partial charge in [0.25, 0.3) is 5.91 Å². The van der Waals surface area contributed by atoms with Crippen LogP contribution in [-0.2, 0) is 22.7 Å². The molecule has 1 fully saturated rings. The number of thiophene rings is 1. The van der Waals surface area contributed by atoms with Crippen LogP contribution in [0.25, 0.3) is 0 Å². The number of anilines is 1. The number of rotatable bonds is 4. The van der Waals surface area contributed by atoms with Gasteiger partial charge in [0, 0.05) is 23.5 Å². The quantitative estimate of drug-likeness (QED) is 0.653. The van der Waals surface area contributed by atoms with E-state index in [1.54, 1.807) is 0 Å². The summed E-state index contributed by atoms with van der Waals surface area (Å²) in [6.45, 7) is 4.58. The van der Waals surface area contributed by atoms with Gasteiger partial charge in [-0.05, 0) is 49.1 Å². The maximum absolute atomic E-state index is 12.8. The summed E-state index contributed by atoms with van der Waals surface area (Å²) in [5.74, 6) is -0.916. The molecule has 0 radical (unpaired) electrons. The van der Waals surface area contributed by atoms with E-state index in [1.807, 2.05) is 38.1 Å². The van der Waals surface area contributed by atoms with Gasteiger partial charge in [0.2, 0.25) is 11.8 Å². The van der Waals surface area contributed by atoms with Crippen molar-refractivity contribution < 1.29 is 19.2 Å². The Kier molecular flexibility index (Phi) is 5.29. The highest BCUT2D eigenvalue weighted by molar-refractivity contribution is 7.14. The molecule has 1 aromatic heterocycles. The number of benzene rings is 1. The van der Waals surface area contributed by atoms with Gasteiger partial charge >= 0.3 is 6.03 Å². The number of aryl methyl sites for hydroxylation is 1. The van der Waals surface area contributed by atoms with Crippen molar-refractivity contribution in [2.24, 2.45) is 0 Å². The smallest absolute Gasteiger partial charge is 0.319 e. The van der Waals surface area contributed by atoms with E-state index in [4.69, 9.17) is 0 Å². The Balaban J connectivity index is 1.36. The van der Waals surface area contributed by atoms with Gasteiger partial charge in [-0.2, -0.15) is 0 Å². The fourth-order valence-corrected chi connectivity index (χ4v) is 4.78. The predicted molar refractivity (Wildman–Crippen MR) is 112 cm³/mol. The van der Waals surface area contributed by atoms with Crippen molar-refractivity contribution in [2.45, 2.75) is 45.8 Å². The monoisotopic (exact) mass is 426 g/mol. The van der Waals surface area contributed by atoms with Crippen molar-refractivity contribution in [3.05, 3.63) is 50.7 Å². The lowest BCUT2D eigenvalue weighted by molar-refractivity contribution is -0.136. The standard InChI is InChI=1S/C21H22N4O4S/c1-11-4-3-5-15(12(11)2)23-21(29)22-9-14-8-13-10-25(20(28)18(13)30-14)16-6-7-17(26)24-19(16)27/h3-5,8,16H,6-7,9-10H2,1-2H3,(H2,22,23,29)(H,24,26,27). The van der Waals surface area contributed by atoms with Crippen molar-refractivity contribution in [2.75, 3.05) is 5.32 Å². The molecule has 8 nitrogen and oxygen atoms in total. The van der Waals surface area contributed by atoms with Gasteiger partial charge in [0.15, 0.2) is 0 Å². The molecule has 2 aromatic rings. The third-order valence-corrected chi connectivity index (χ3v) is 6.68. The molecule has 4 rings (SSSR count). The first-order chi connectivity index (χ1) is 14.3. The molecular weight excluding hydrogens is 404 g/mol. The van der Waals surface area contributed by atoms with Crippen molar-refractivity contribution in [1.82, 2.24) is 15.5 Å². The van der Waals surface area contributed by atoms with E-state index in [2.05, 4.69) is 16.0 Å². The van der Waals surface area contributed by atoms with E-state index in [1.165, 1.54) is 16.2 Å². The second-order valence-corrected chi connectivity index (χ2v) is 8.66. The number of fused-ring (bicyclic) bond motifs is 1. The molecular formula is C21H22N4O4S. The summed E-state index contributed by atoms with van der Waals surface area (Å²) in [5, 5.41) is 7.96. The second-order valence-electron chi connectivity index (χ2n) is 7.52. The lowest BCUT2D eigenvalue weighted by Crippen LogP contribution is -2.52. The Morgan fingerprint density at radius 1 is 1.27 bits per heavy atom. The van der Waals surface area contributed by atoms with Crippen LogP contribution in [0.4, 0.5) is 10.5 Å². The summed E-state index contributed by atoms with van der Waals surface area (Å²) in [4.78, 5) is 51.4.